The summed E-state index contributed by atoms with van der Waals surface area (Å²) in [5.74, 6) is -2.31. The van der Waals surface area contributed by atoms with Crippen molar-refractivity contribution in [1.29, 1.82) is 0 Å². The fraction of sp³-hybridized carbons (Fsp3) is 0.875. The van der Waals surface area contributed by atoms with E-state index in [0.29, 0.717) is 0 Å². The molecule has 0 heterocycles. The number of amides is 1. The lowest BCUT2D eigenvalue weighted by atomic mass is 10.1. The Morgan fingerprint density at radius 2 is 1.53 bits per heavy atom. The van der Waals surface area contributed by atoms with Crippen molar-refractivity contribution in [2.24, 2.45) is 0 Å². The third-order valence-electron chi connectivity index (χ3n) is 2.08. The molecule has 0 aromatic carbocycles. The van der Waals surface area contributed by atoms with Gasteiger partial charge in [0.25, 0.3) is 5.91 Å². The van der Waals surface area contributed by atoms with Gasteiger partial charge >= 0.3 is 17.2 Å². The van der Waals surface area contributed by atoms with Crippen molar-refractivity contribution < 1.29 is 31.1 Å². The van der Waals surface area contributed by atoms with Crippen LogP contribution < -0.4 is 5.32 Å². The second-order valence-corrected chi connectivity index (χ2v) is 4.00. The zero-order chi connectivity index (χ0) is 14.1. The van der Waals surface area contributed by atoms with E-state index in [4.69, 9.17) is 0 Å². The van der Waals surface area contributed by atoms with E-state index >= 15 is 0 Å². The van der Waals surface area contributed by atoms with Gasteiger partial charge in [-0.25, -0.2) is 0 Å². The molecule has 9 heteroatoms. The molecule has 0 saturated heterocycles. The number of carbonyl (C=O) groups excluding carboxylic acids is 1. The number of carbonyl (C=O) groups is 1. The van der Waals surface area contributed by atoms with Crippen LogP contribution in [0.4, 0.5) is 26.3 Å². The smallest absolute Gasteiger partial charge is 0.352 e. The van der Waals surface area contributed by atoms with Crippen LogP contribution in [0.3, 0.4) is 0 Å². The molecule has 1 N–H and O–H groups in total. The summed E-state index contributed by atoms with van der Waals surface area (Å²) >= 11 is 4.48. The number of rotatable bonds is 3. The summed E-state index contributed by atoms with van der Waals surface area (Å²) in [4.78, 5) is 6.13. The van der Waals surface area contributed by atoms with Crippen molar-refractivity contribution in [2.75, 3.05) is 0 Å². The van der Waals surface area contributed by atoms with Crippen LogP contribution in [0.1, 0.15) is 20.3 Å². The van der Waals surface area contributed by atoms with Crippen LogP contribution in [0, 0.1) is 0 Å². The van der Waals surface area contributed by atoms with Crippen molar-refractivity contribution in [3.05, 3.63) is 0 Å². The first-order chi connectivity index (χ1) is 7.38. The molecule has 1 amide bonds. The van der Waals surface area contributed by atoms with Gasteiger partial charge in [0.1, 0.15) is 0 Å². The van der Waals surface area contributed by atoms with Crippen molar-refractivity contribution in [3.63, 3.8) is 0 Å². The Balaban J connectivity index is 5.30. The van der Waals surface area contributed by atoms with Crippen LogP contribution in [-0.4, -0.2) is 29.2 Å². The van der Waals surface area contributed by atoms with Gasteiger partial charge in [0.2, 0.25) is 0 Å². The lowest BCUT2D eigenvalue weighted by molar-refractivity contribution is -0.260. The Bertz CT molecular complexity index is 273. The van der Waals surface area contributed by atoms with Gasteiger partial charge in [-0.1, -0.05) is 18.5 Å². The molecule has 0 aliphatic carbocycles. The molecule has 1 atom stereocenters. The first-order valence-corrected chi connectivity index (χ1v) is 4.89. The van der Waals surface area contributed by atoms with Gasteiger partial charge < -0.3 is 5.32 Å². The molecule has 0 fully saturated rings. The first kappa shape index (κ1) is 16.3. The average molecular weight is 286 g/mol. The summed E-state index contributed by atoms with van der Waals surface area (Å²) in [7, 11) is 0. The fourth-order valence-electron chi connectivity index (χ4n) is 0.843. The summed E-state index contributed by atoms with van der Waals surface area (Å²) in [6.45, 7) is 2.75. The number of hydrogen-bond donors (Lipinski definition) is 1. The summed E-state index contributed by atoms with van der Waals surface area (Å²) in [6, 6.07) is -0.842. The van der Waals surface area contributed by atoms with Crippen molar-refractivity contribution in [1.82, 2.24) is 5.32 Å². The number of halogens is 7. The van der Waals surface area contributed by atoms with Crippen LogP contribution >= 0.6 is 11.6 Å². The molecule has 102 valence electrons. The zero-order valence-electron chi connectivity index (χ0n) is 8.84. The fourth-order valence-corrected chi connectivity index (χ4v) is 0.898. The minimum absolute atomic E-state index is 0.175. The van der Waals surface area contributed by atoms with Crippen LogP contribution in [0.2, 0.25) is 0 Å². The predicted molar refractivity (Wildman–Crippen MR) is 48.6 cm³/mol. The third-order valence-corrected chi connectivity index (χ3v) is 2.68. The van der Waals surface area contributed by atoms with Crippen molar-refractivity contribution in [3.8, 4) is 0 Å². The van der Waals surface area contributed by atoms with Crippen LogP contribution in [0.25, 0.3) is 0 Å². The Morgan fingerprint density at radius 3 is 1.76 bits per heavy atom. The molecule has 0 radical (unpaired) electrons. The summed E-state index contributed by atoms with van der Waals surface area (Å²) in [5, 5.41) is 1.57. The van der Waals surface area contributed by atoms with Crippen LogP contribution in [0.15, 0.2) is 0 Å². The van der Waals surface area contributed by atoms with Crippen molar-refractivity contribution in [2.45, 2.75) is 43.5 Å². The Morgan fingerprint density at radius 1 is 1.18 bits per heavy atom. The topological polar surface area (TPSA) is 29.1 Å². The summed E-state index contributed by atoms with van der Waals surface area (Å²) in [5.41, 5.74) is 0. The molecular weight excluding hydrogens is 276 g/mol. The number of nitrogens with one attached hydrogen (secondary N) is 1. The maximum Gasteiger partial charge on any atom is 0.425 e. The zero-order valence-corrected chi connectivity index (χ0v) is 9.59. The van der Waals surface area contributed by atoms with Gasteiger partial charge in [-0.2, -0.15) is 26.3 Å². The molecule has 17 heavy (non-hydrogen) atoms. The third kappa shape index (κ3) is 3.17. The quantitative estimate of drug-likeness (QED) is 0.627. The van der Waals surface area contributed by atoms with Crippen molar-refractivity contribution >= 4 is 17.5 Å². The molecule has 0 bridgehead atoms. The summed E-state index contributed by atoms with van der Waals surface area (Å²) < 4.78 is 73.8. The normalized spacial score (nSPS) is 15.6. The molecule has 0 rings (SSSR count). The van der Waals surface area contributed by atoms with E-state index in [0.717, 1.165) is 0 Å². The molecule has 2 nitrogen and oxygen atoms in total. The SMILES string of the molecule is CC[C@H](C)NC(=O)C(Cl)(C(F)(F)F)C(F)(F)F. The highest BCUT2D eigenvalue weighted by Crippen LogP contribution is 2.48. The highest BCUT2D eigenvalue weighted by Gasteiger charge is 2.75. The second-order valence-electron chi connectivity index (χ2n) is 3.44. The first-order valence-electron chi connectivity index (χ1n) is 4.51. The van der Waals surface area contributed by atoms with Crippen LogP contribution in [-0.2, 0) is 4.79 Å². The van der Waals surface area contributed by atoms with Gasteiger partial charge in [-0.3, -0.25) is 4.79 Å². The highest BCUT2D eigenvalue weighted by molar-refractivity contribution is 6.36. The van der Waals surface area contributed by atoms with Gasteiger partial charge in [-0.05, 0) is 13.3 Å². The van der Waals surface area contributed by atoms with E-state index in [9.17, 15) is 31.1 Å². The summed E-state index contributed by atoms with van der Waals surface area (Å²) in [6.07, 6.45) is -11.7. The van der Waals surface area contributed by atoms with Crippen LogP contribution in [0.5, 0.6) is 0 Å². The van der Waals surface area contributed by atoms with E-state index in [1.807, 2.05) is 0 Å². The molecule has 0 aromatic rings. The minimum atomic E-state index is -5.93. The maximum atomic E-state index is 12.3. The van der Waals surface area contributed by atoms with E-state index in [1.54, 1.807) is 5.32 Å². The van der Waals surface area contributed by atoms with Gasteiger partial charge in [0.15, 0.2) is 0 Å². The number of alkyl halides is 7. The van der Waals surface area contributed by atoms with Gasteiger partial charge in [0.05, 0.1) is 0 Å². The predicted octanol–water partition coefficient (Wildman–Crippen LogP) is 3.00. The molecule has 0 aromatic heterocycles. The van der Waals surface area contributed by atoms with E-state index < -0.39 is 29.2 Å². The molecule has 0 aliphatic heterocycles. The Kier molecular flexibility index (Phi) is 4.72. The lowest BCUT2D eigenvalue weighted by Gasteiger charge is -2.31. The lowest BCUT2D eigenvalue weighted by Crippen LogP contribution is -2.62. The average Bonchev–Trinajstić information content (AvgIpc) is 2.12. The molecule has 0 spiro atoms. The minimum Gasteiger partial charge on any atom is -0.352 e. The monoisotopic (exact) mass is 285 g/mol. The number of hydrogen-bond acceptors (Lipinski definition) is 1. The highest BCUT2D eigenvalue weighted by atomic mass is 35.5. The second kappa shape index (κ2) is 4.91. The Hall–Kier alpha value is -0.660. The van der Waals surface area contributed by atoms with E-state index in [-0.39, 0.29) is 6.42 Å². The maximum absolute atomic E-state index is 12.3. The van der Waals surface area contributed by atoms with Gasteiger partial charge in [-0.15, -0.1) is 0 Å². The molecule has 0 unspecified atom stereocenters. The Labute approximate surface area is 98.3 Å². The molecular formula is C8H10ClF6NO. The standard InChI is InChI=1S/C8H10ClF6NO/c1-3-4(2)16-5(17)6(9,7(10,11)12)8(13,14)15/h4H,3H2,1-2H3,(H,16,17)/t4-/m0/s1. The van der Waals surface area contributed by atoms with Gasteiger partial charge in [0, 0.05) is 6.04 Å². The van der Waals surface area contributed by atoms with E-state index in [1.165, 1.54) is 13.8 Å². The van der Waals surface area contributed by atoms with E-state index in [2.05, 4.69) is 11.6 Å². The molecule has 0 aliphatic rings. The molecule has 0 saturated carbocycles. The largest absolute Gasteiger partial charge is 0.425 e.